The minimum absolute atomic E-state index is 0.349. The van der Waals surface area contributed by atoms with E-state index in [0.29, 0.717) is 36.6 Å². The molecule has 134 valence electrons. The Morgan fingerprint density at radius 2 is 2.00 bits per heavy atom. The molecule has 3 rings (SSSR count). The van der Waals surface area contributed by atoms with Crippen LogP contribution in [0.1, 0.15) is 45.6 Å². The number of halogens is 1. The predicted molar refractivity (Wildman–Crippen MR) is 98.1 cm³/mol. The summed E-state index contributed by atoms with van der Waals surface area (Å²) in [6.45, 7) is 8.71. The second-order valence-electron chi connectivity index (χ2n) is 8.37. The molecular formula is C20H30ClNO2. The van der Waals surface area contributed by atoms with Crippen LogP contribution in [0.2, 0.25) is 5.02 Å². The van der Waals surface area contributed by atoms with Gasteiger partial charge < -0.3 is 15.2 Å². The summed E-state index contributed by atoms with van der Waals surface area (Å²) < 4.78 is 5.63. The largest absolute Gasteiger partial charge is 0.389 e. The number of fused-ring (bicyclic) bond motifs is 2. The van der Waals surface area contributed by atoms with E-state index < -0.39 is 6.10 Å². The molecule has 4 atom stereocenters. The molecule has 2 N–H and O–H groups in total. The molecule has 1 aromatic carbocycles. The van der Waals surface area contributed by atoms with Gasteiger partial charge in [0.05, 0.1) is 19.3 Å². The number of rotatable bonds is 7. The Kier molecular flexibility index (Phi) is 5.27. The van der Waals surface area contributed by atoms with E-state index in [-0.39, 0.29) is 0 Å². The van der Waals surface area contributed by atoms with E-state index in [0.717, 1.165) is 16.5 Å². The van der Waals surface area contributed by atoms with Crippen molar-refractivity contribution in [2.75, 3.05) is 13.2 Å². The van der Waals surface area contributed by atoms with Gasteiger partial charge in [-0.1, -0.05) is 44.5 Å². The summed E-state index contributed by atoms with van der Waals surface area (Å²) in [7, 11) is 0. The van der Waals surface area contributed by atoms with E-state index in [1.165, 1.54) is 19.3 Å². The number of aliphatic hydroxyl groups is 1. The van der Waals surface area contributed by atoms with E-state index in [9.17, 15) is 5.11 Å². The monoisotopic (exact) mass is 351 g/mol. The molecular weight excluding hydrogens is 322 g/mol. The summed E-state index contributed by atoms with van der Waals surface area (Å²) in [5.74, 6) is 0.818. The Morgan fingerprint density at radius 1 is 1.29 bits per heavy atom. The van der Waals surface area contributed by atoms with Crippen molar-refractivity contribution in [3.05, 3.63) is 34.9 Å². The molecule has 0 heterocycles. The second kappa shape index (κ2) is 6.95. The smallest absolute Gasteiger partial charge is 0.0897 e. The van der Waals surface area contributed by atoms with Gasteiger partial charge in [0.15, 0.2) is 0 Å². The van der Waals surface area contributed by atoms with Gasteiger partial charge >= 0.3 is 0 Å². The summed E-state index contributed by atoms with van der Waals surface area (Å²) in [6.07, 6.45) is 3.42. The average molecular weight is 352 g/mol. The lowest BCUT2D eigenvalue weighted by Crippen LogP contribution is -2.47. The number of hydrogen-bond acceptors (Lipinski definition) is 3. The topological polar surface area (TPSA) is 41.5 Å². The van der Waals surface area contributed by atoms with Gasteiger partial charge in [-0.05, 0) is 53.7 Å². The van der Waals surface area contributed by atoms with E-state index in [2.05, 4.69) is 26.1 Å². The van der Waals surface area contributed by atoms with Crippen molar-refractivity contribution in [3.8, 4) is 0 Å². The minimum Gasteiger partial charge on any atom is -0.389 e. The molecule has 0 aliphatic heterocycles. The first-order valence-corrected chi connectivity index (χ1v) is 9.44. The van der Waals surface area contributed by atoms with Gasteiger partial charge in [0.25, 0.3) is 0 Å². The van der Waals surface area contributed by atoms with Crippen molar-refractivity contribution in [2.24, 2.45) is 16.7 Å². The van der Waals surface area contributed by atoms with E-state index in [1.54, 1.807) is 0 Å². The quantitative estimate of drug-likeness (QED) is 0.779. The van der Waals surface area contributed by atoms with Crippen molar-refractivity contribution in [1.29, 1.82) is 0 Å². The molecule has 2 fully saturated rings. The number of aliphatic hydroxyl groups excluding tert-OH is 1. The molecule has 4 heteroatoms. The molecule has 0 saturated heterocycles. The van der Waals surface area contributed by atoms with Gasteiger partial charge in [-0.25, -0.2) is 0 Å². The van der Waals surface area contributed by atoms with Gasteiger partial charge in [-0.2, -0.15) is 0 Å². The average Bonchev–Trinajstić information content (AvgIpc) is 2.88. The molecule has 2 saturated carbocycles. The van der Waals surface area contributed by atoms with Crippen LogP contribution in [0.4, 0.5) is 0 Å². The van der Waals surface area contributed by atoms with Crippen LogP contribution in [-0.2, 0) is 11.3 Å². The van der Waals surface area contributed by atoms with Gasteiger partial charge in [0.2, 0.25) is 0 Å². The van der Waals surface area contributed by atoms with Gasteiger partial charge in [-0.15, -0.1) is 0 Å². The van der Waals surface area contributed by atoms with Crippen LogP contribution < -0.4 is 5.32 Å². The third kappa shape index (κ3) is 3.37. The van der Waals surface area contributed by atoms with Crippen LogP contribution in [0.5, 0.6) is 0 Å². The zero-order valence-electron chi connectivity index (χ0n) is 15.0. The van der Waals surface area contributed by atoms with E-state index in [4.69, 9.17) is 16.3 Å². The first-order chi connectivity index (χ1) is 11.3. The van der Waals surface area contributed by atoms with Gasteiger partial charge in [-0.3, -0.25) is 0 Å². The third-order valence-electron chi connectivity index (χ3n) is 6.89. The van der Waals surface area contributed by atoms with E-state index in [1.807, 2.05) is 24.3 Å². The van der Waals surface area contributed by atoms with Crippen molar-refractivity contribution in [3.63, 3.8) is 0 Å². The standard InChI is InChI=1S/C20H30ClNO2/c1-19(2)15-8-9-20(19,3)18(10-15)22-11-17(23)13-24-12-14-4-6-16(21)7-5-14/h4-7,15,17-18,22-23H,8-13H2,1-3H3/t15-,17-,18+,20-/m0/s1. The van der Waals surface area contributed by atoms with Crippen LogP contribution in [0, 0.1) is 16.7 Å². The summed E-state index contributed by atoms with van der Waals surface area (Å²) in [4.78, 5) is 0. The fraction of sp³-hybridized carbons (Fsp3) is 0.700. The molecule has 2 bridgehead atoms. The van der Waals surface area contributed by atoms with Crippen LogP contribution >= 0.6 is 11.6 Å². The molecule has 3 nitrogen and oxygen atoms in total. The zero-order chi connectivity index (χ0) is 17.4. The lowest BCUT2D eigenvalue weighted by molar-refractivity contribution is 0.0231. The first kappa shape index (κ1) is 18.2. The Labute approximate surface area is 150 Å². The van der Waals surface area contributed by atoms with Gasteiger partial charge in [0.1, 0.15) is 0 Å². The summed E-state index contributed by atoms with van der Waals surface area (Å²) in [6, 6.07) is 8.12. The minimum atomic E-state index is -0.469. The fourth-order valence-corrected chi connectivity index (χ4v) is 4.87. The van der Waals surface area contributed by atoms with Crippen LogP contribution in [0.3, 0.4) is 0 Å². The molecule has 0 amide bonds. The zero-order valence-corrected chi connectivity index (χ0v) is 15.8. The van der Waals surface area contributed by atoms with Crippen LogP contribution in [0.25, 0.3) is 0 Å². The van der Waals surface area contributed by atoms with E-state index >= 15 is 0 Å². The third-order valence-corrected chi connectivity index (χ3v) is 7.14. The lowest BCUT2D eigenvalue weighted by atomic mass is 9.69. The van der Waals surface area contributed by atoms with Crippen molar-refractivity contribution < 1.29 is 9.84 Å². The maximum atomic E-state index is 10.2. The van der Waals surface area contributed by atoms with Crippen molar-refractivity contribution in [1.82, 2.24) is 5.32 Å². The first-order valence-electron chi connectivity index (χ1n) is 9.06. The van der Waals surface area contributed by atoms with Crippen molar-refractivity contribution >= 4 is 11.6 Å². The number of benzene rings is 1. The molecule has 2 aliphatic rings. The normalized spacial score (nSPS) is 32.2. The SMILES string of the molecule is CC1(C)[C@H]2CC[C@@]1(C)[C@H](NC[C@H](O)COCc1ccc(Cl)cc1)C2. The Morgan fingerprint density at radius 3 is 2.58 bits per heavy atom. The molecule has 0 aromatic heterocycles. The molecule has 0 spiro atoms. The highest BCUT2D eigenvalue weighted by Gasteiger charge is 2.60. The maximum Gasteiger partial charge on any atom is 0.0897 e. The molecule has 1 aromatic rings. The lowest BCUT2D eigenvalue weighted by Gasteiger charge is -2.40. The molecule has 0 radical (unpaired) electrons. The van der Waals surface area contributed by atoms with Gasteiger partial charge in [0, 0.05) is 17.6 Å². The highest BCUT2D eigenvalue weighted by atomic mass is 35.5. The Hall–Kier alpha value is -0.610. The molecule has 2 aliphatic carbocycles. The number of hydrogen-bond donors (Lipinski definition) is 2. The Bertz CT molecular complexity index is 559. The highest BCUT2D eigenvalue weighted by Crippen LogP contribution is 2.65. The predicted octanol–water partition coefficient (Wildman–Crippen LogP) is 4.02. The van der Waals surface area contributed by atoms with Crippen LogP contribution in [0.15, 0.2) is 24.3 Å². The summed E-state index contributed by atoms with van der Waals surface area (Å²) in [5, 5.41) is 14.6. The molecule has 24 heavy (non-hydrogen) atoms. The number of nitrogens with one attached hydrogen (secondary N) is 1. The summed E-state index contributed by atoms with van der Waals surface area (Å²) >= 11 is 5.87. The highest BCUT2D eigenvalue weighted by molar-refractivity contribution is 6.30. The second-order valence-corrected chi connectivity index (χ2v) is 8.80. The number of ether oxygens (including phenoxy) is 1. The van der Waals surface area contributed by atoms with Crippen molar-refractivity contribution in [2.45, 2.75) is 58.8 Å². The summed E-state index contributed by atoms with van der Waals surface area (Å²) in [5.41, 5.74) is 1.82. The fourth-order valence-electron chi connectivity index (χ4n) is 4.74. The Balaban J connectivity index is 1.40. The molecule has 0 unspecified atom stereocenters. The van der Waals surface area contributed by atoms with Crippen LogP contribution in [-0.4, -0.2) is 30.4 Å². The maximum absolute atomic E-state index is 10.2.